The molecular formula is C10H16O4. The minimum Gasteiger partial charge on any atom is -0.502 e. The van der Waals surface area contributed by atoms with Crippen LogP contribution in [0.4, 0.5) is 0 Å². The van der Waals surface area contributed by atoms with Gasteiger partial charge in [-0.3, -0.25) is 4.79 Å². The van der Waals surface area contributed by atoms with Crippen molar-refractivity contribution in [3.8, 4) is 0 Å². The molecule has 4 heteroatoms. The van der Waals surface area contributed by atoms with Gasteiger partial charge >= 0.3 is 5.97 Å². The van der Waals surface area contributed by atoms with Crippen molar-refractivity contribution < 1.29 is 19.8 Å². The average molecular weight is 200 g/mol. The molecule has 0 aromatic carbocycles. The van der Waals surface area contributed by atoms with Crippen LogP contribution in [0.3, 0.4) is 0 Å². The molecule has 80 valence electrons. The molecule has 0 heterocycles. The summed E-state index contributed by atoms with van der Waals surface area (Å²) in [6.07, 6.45) is 0.504. The normalized spacial score (nSPS) is 12.6. The summed E-state index contributed by atoms with van der Waals surface area (Å²) in [5, 5.41) is 17.6. The van der Waals surface area contributed by atoms with Gasteiger partial charge < -0.3 is 10.2 Å². The molecule has 0 aliphatic heterocycles. The van der Waals surface area contributed by atoms with Crippen LogP contribution in [-0.2, 0) is 9.59 Å². The number of carbonyl (C=O) groups excluding carboxylic acids is 1. The molecule has 0 spiro atoms. The van der Waals surface area contributed by atoms with E-state index in [1.54, 1.807) is 6.92 Å². The summed E-state index contributed by atoms with van der Waals surface area (Å²) >= 11 is 0. The minimum absolute atomic E-state index is 0.00574. The Morgan fingerprint density at radius 2 is 1.71 bits per heavy atom. The molecule has 0 aliphatic rings. The first-order valence-corrected chi connectivity index (χ1v) is 4.58. The number of rotatable bonds is 5. The van der Waals surface area contributed by atoms with E-state index in [4.69, 9.17) is 10.2 Å². The standard InChI is InChI=1S/C10H16O4/c1-4-7(9(12)10(13)14)8(11)5-6(2)3/h6,12H,4-5H2,1-3H3,(H,13,14)/b9-7-. The van der Waals surface area contributed by atoms with E-state index in [-0.39, 0.29) is 30.1 Å². The lowest BCUT2D eigenvalue weighted by atomic mass is 9.98. The summed E-state index contributed by atoms with van der Waals surface area (Å²) in [7, 11) is 0. The van der Waals surface area contributed by atoms with Gasteiger partial charge in [0.2, 0.25) is 5.76 Å². The maximum Gasteiger partial charge on any atom is 0.371 e. The summed E-state index contributed by atoms with van der Waals surface area (Å²) in [6, 6.07) is 0. The molecule has 0 atom stereocenters. The number of allylic oxidation sites excluding steroid dienone is 1. The third kappa shape index (κ3) is 3.60. The molecule has 0 unspecified atom stereocenters. The van der Waals surface area contributed by atoms with Crippen LogP contribution in [0.15, 0.2) is 11.3 Å². The van der Waals surface area contributed by atoms with Gasteiger partial charge in [0.15, 0.2) is 5.78 Å². The zero-order chi connectivity index (χ0) is 11.3. The van der Waals surface area contributed by atoms with Crippen molar-refractivity contribution in [3.05, 3.63) is 11.3 Å². The van der Waals surface area contributed by atoms with Gasteiger partial charge in [0.05, 0.1) is 0 Å². The SMILES string of the molecule is CC/C(C(=O)CC(C)C)=C(/O)C(=O)O. The lowest BCUT2D eigenvalue weighted by molar-refractivity contribution is -0.136. The van der Waals surface area contributed by atoms with E-state index in [2.05, 4.69) is 0 Å². The highest BCUT2D eigenvalue weighted by Gasteiger charge is 2.18. The molecule has 0 saturated carbocycles. The van der Waals surface area contributed by atoms with Crippen molar-refractivity contribution in [3.63, 3.8) is 0 Å². The van der Waals surface area contributed by atoms with E-state index in [0.29, 0.717) is 0 Å². The first-order valence-electron chi connectivity index (χ1n) is 4.58. The molecule has 4 nitrogen and oxygen atoms in total. The summed E-state index contributed by atoms with van der Waals surface area (Å²) in [5.41, 5.74) is 0.00574. The molecule has 0 aliphatic carbocycles. The van der Waals surface area contributed by atoms with Gasteiger partial charge in [-0.1, -0.05) is 20.8 Å². The van der Waals surface area contributed by atoms with Gasteiger partial charge in [-0.15, -0.1) is 0 Å². The third-order valence-corrected chi connectivity index (χ3v) is 1.77. The van der Waals surface area contributed by atoms with E-state index < -0.39 is 11.7 Å². The van der Waals surface area contributed by atoms with Crippen LogP contribution in [0, 0.1) is 5.92 Å². The highest BCUT2D eigenvalue weighted by molar-refractivity contribution is 6.01. The number of carboxylic acid groups (broad SMARTS) is 1. The minimum atomic E-state index is -1.45. The molecule has 0 amide bonds. The number of hydrogen-bond donors (Lipinski definition) is 2. The van der Waals surface area contributed by atoms with Crippen LogP contribution in [0.2, 0.25) is 0 Å². The van der Waals surface area contributed by atoms with Crippen LogP contribution in [-0.4, -0.2) is 22.0 Å². The molecule has 0 rings (SSSR count). The first-order chi connectivity index (χ1) is 6.40. The Bertz CT molecular complexity index is 263. The molecule has 0 aromatic heterocycles. The summed E-state index contributed by atoms with van der Waals surface area (Å²) in [6.45, 7) is 5.37. The Kier molecular flexibility index (Phi) is 4.91. The summed E-state index contributed by atoms with van der Waals surface area (Å²) in [5.74, 6) is -2.40. The number of Topliss-reactive ketones (excluding diaryl/α,β-unsaturated/α-hetero) is 1. The fourth-order valence-corrected chi connectivity index (χ4v) is 1.12. The second-order valence-electron chi connectivity index (χ2n) is 3.51. The molecular weight excluding hydrogens is 184 g/mol. The fourth-order valence-electron chi connectivity index (χ4n) is 1.12. The van der Waals surface area contributed by atoms with Crippen LogP contribution >= 0.6 is 0 Å². The number of aliphatic hydroxyl groups is 1. The van der Waals surface area contributed by atoms with Gasteiger partial charge in [0.25, 0.3) is 0 Å². The Morgan fingerprint density at radius 3 is 2.00 bits per heavy atom. The van der Waals surface area contributed by atoms with Gasteiger partial charge in [-0.2, -0.15) is 0 Å². The number of hydrogen-bond acceptors (Lipinski definition) is 3. The molecule has 0 bridgehead atoms. The maximum absolute atomic E-state index is 11.4. The van der Waals surface area contributed by atoms with Gasteiger partial charge in [0.1, 0.15) is 0 Å². The molecule has 0 fully saturated rings. The highest BCUT2D eigenvalue weighted by atomic mass is 16.4. The van der Waals surface area contributed by atoms with Gasteiger partial charge in [-0.25, -0.2) is 4.79 Å². The second-order valence-corrected chi connectivity index (χ2v) is 3.51. The van der Waals surface area contributed by atoms with Crippen molar-refractivity contribution in [2.75, 3.05) is 0 Å². The van der Waals surface area contributed by atoms with E-state index >= 15 is 0 Å². The molecule has 14 heavy (non-hydrogen) atoms. The van der Waals surface area contributed by atoms with Crippen LogP contribution < -0.4 is 0 Å². The Balaban J connectivity index is 4.81. The lowest BCUT2D eigenvalue weighted by Crippen LogP contribution is -2.12. The number of carbonyl (C=O) groups is 2. The highest BCUT2D eigenvalue weighted by Crippen LogP contribution is 2.13. The molecule has 0 aromatic rings. The Labute approximate surface area is 83.2 Å². The summed E-state index contributed by atoms with van der Waals surface area (Å²) in [4.78, 5) is 21.9. The van der Waals surface area contributed by atoms with Gasteiger partial charge in [-0.05, 0) is 12.3 Å². The maximum atomic E-state index is 11.4. The van der Waals surface area contributed by atoms with Crippen molar-refractivity contribution >= 4 is 11.8 Å². The van der Waals surface area contributed by atoms with Crippen LogP contribution in [0.5, 0.6) is 0 Å². The molecule has 2 N–H and O–H groups in total. The Morgan fingerprint density at radius 1 is 1.21 bits per heavy atom. The Hall–Kier alpha value is -1.32. The van der Waals surface area contributed by atoms with Crippen molar-refractivity contribution in [1.29, 1.82) is 0 Å². The zero-order valence-electron chi connectivity index (χ0n) is 8.70. The largest absolute Gasteiger partial charge is 0.502 e. The summed E-state index contributed by atoms with van der Waals surface area (Å²) < 4.78 is 0. The molecule has 0 saturated heterocycles. The lowest BCUT2D eigenvalue weighted by Gasteiger charge is -2.07. The molecule has 0 radical (unpaired) electrons. The number of ketones is 1. The predicted molar refractivity (Wildman–Crippen MR) is 52.0 cm³/mol. The van der Waals surface area contributed by atoms with Crippen LogP contribution in [0.25, 0.3) is 0 Å². The number of aliphatic hydroxyl groups excluding tert-OH is 1. The quantitative estimate of drug-likeness (QED) is 0.525. The predicted octanol–water partition coefficient (Wildman–Crippen LogP) is 1.91. The number of carboxylic acids is 1. The van der Waals surface area contributed by atoms with Crippen molar-refractivity contribution in [1.82, 2.24) is 0 Å². The van der Waals surface area contributed by atoms with Crippen molar-refractivity contribution in [2.45, 2.75) is 33.6 Å². The van der Waals surface area contributed by atoms with E-state index in [1.165, 1.54) is 0 Å². The first kappa shape index (κ1) is 12.7. The average Bonchev–Trinajstić information content (AvgIpc) is 2.03. The third-order valence-electron chi connectivity index (χ3n) is 1.77. The van der Waals surface area contributed by atoms with E-state index in [0.717, 1.165) is 0 Å². The smallest absolute Gasteiger partial charge is 0.371 e. The monoisotopic (exact) mass is 200 g/mol. The van der Waals surface area contributed by atoms with Crippen molar-refractivity contribution in [2.24, 2.45) is 5.92 Å². The van der Waals surface area contributed by atoms with E-state index in [9.17, 15) is 9.59 Å². The van der Waals surface area contributed by atoms with E-state index in [1.807, 2.05) is 13.8 Å². The zero-order valence-corrected chi connectivity index (χ0v) is 8.70. The fraction of sp³-hybridized carbons (Fsp3) is 0.600. The van der Waals surface area contributed by atoms with Crippen LogP contribution in [0.1, 0.15) is 33.6 Å². The second kappa shape index (κ2) is 5.42. The number of aliphatic carboxylic acids is 1. The topological polar surface area (TPSA) is 74.6 Å². The van der Waals surface area contributed by atoms with Gasteiger partial charge in [0, 0.05) is 12.0 Å².